The summed E-state index contributed by atoms with van der Waals surface area (Å²) in [5.41, 5.74) is 2.84. The van der Waals surface area contributed by atoms with Crippen molar-refractivity contribution in [3.8, 4) is 0 Å². The van der Waals surface area contributed by atoms with Crippen LogP contribution in [0.25, 0.3) is 0 Å². The van der Waals surface area contributed by atoms with Crippen LogP contribution in [0.5, 0.6) is 0 Å². The Morgan fingerprint density at radius 2 is 2.29 bits per heavy atom. The Hall–Kier alpha value is -2.08. The largest absolute Gasteiger partial charge is 0.481 e. The molecule has 0 aromatic heterocycles. The Bertz CT molecular complexity index is 573. The van der Waals surface area contributed by atoms with Crippen molar-refractivity contribution in [1.29, 1.82) is 0 Å². The molecule has 21 heavy (non-hydrogen) atoms. The fourth-order valence-electron chi connectivity index (χ4n) is 2.90. The van der Waals surface area contributed by atoms with E-state index in [1.165, 1.54) is 0 Å². The molecular formula is C15H18N2O4. The summed E-state index contributed by atoms with van der Waals surface area (Å²) in [6, 6.07) is 5.23. The van der Waals surface area contributed by atoms with Gasteiger partial charge in [-0.2, -0.15) is 0 Å². The minimum Gasteiger partial charge on any atom is -0.481 e. The SMILES string of the molecule is O=C(O)CC1COCCN1C(=O)c1ccc2c(c1)CCN2. The van der Waals surface area contributed by atoms with Crippen molar-refractivity contribution in [3.63, 3.8) is 0 Å². The predicted octanol–water partition coefficient (Wildman–Crippen LogP) is 0.970. The minimum atomic E-state index is -0.915. The number of carbonyl (C=O) groups is 2. The molecule has 6 nitrogen and oxygen atoms in total. The van der Waals surface area contributed by atoms with E-state index in [4.69, 9.17) is 9.84 Å². The lowest BCUT2D eigenvalue weighted by Gasteiger charge is -2.35. The van der Waals surface area contributed by atoms with Crippen molar-refractivity contribution in [2.24, 2.45) is 0 Å². The number of nitrogens with one attached hydrogen (secondary N) is 1. The molecule has 0 aliphatic carbocycles. The van der Waals surface area contributed by atoms with Crippen molar-refractivity contribution in [2.45, 2.75) is 18.9 Å². The number of hydrogen-bond donors (Lipinski definition) is 2. The zero-order valence-electron chi connectivity index (χ0n) is 11.7. The van der Waals surface area contributed by atoms with Crippen molar-refractivity contribution in [3.05, 3.63) is 29.3 Å². The molecule has 1 atom stereocenters. The first-order valence-electron chi connectivity index (χ1n) is 7.12. The second kappa shape index (κ2) is 5.73. The van der Waals surface area contributed by atoms with Crippen LogP contribution in [-0.2, 0) is 16.0 Å². The summed E-state index contributed by atoms with van der Waals surface area (Å²) in [4.78, 5) is 25.2. The highest BCUT2D eigenvalue weighted by atomic mass is 16.5. The number of benzene rings is 1. The molecule has 0 spiro atoms. The Balaban J connectivity index is 1.80. The van der Waals surface area contributed by atoms with Crippen LogP contribution in [0.1, 0.15) is 22.3 Å². The van der Waals surface area contributed by atoms with Crippen LogP contribution >= 0.6 is 0 Å². The topological polar surface area (TPSA) is 78.9 Å². The van der Waals surface area contributed by atoms with Gasteiger partial charge >= 0.3 is 5.97 Å². The molecule has 2 heterocycles. The second-order valence-corrected chi connectivity index (χ2v) is 5.37. The zero-order valence-corrected chi connectivity index (χ0v) is 11.7. The van der Waals surface area contributed by atoms with Crippen LogP contribution in [0.3, 0.4) is 0 Å². The normalized spacial score (nSPS) is 20.8. The van der Waals surface area contributed by atoms with Gasteiger partial charge in [0.25, 0.3) is 5.91 Å². The van der Waals surface area contributed by atoms with Gasteiger partial charge in [0.05, 0.1) is 25.7 Å². The lowest BCUT2D eigenvalue weighted by Crippen LogP contribution is -2.49. The van der Waals surface area contributed by atoms with E-state index in [0.717, 1.165) is 24.2 Å². The molecule has 1 aromatic rings. The zero-order chi connectivity index (χ0) is 14.8. The molecule has 1 unspecified atom stereocenters. The summed E-state index contributed by atoms with van der Waals surface area (Å²) >= 11 is 0. The number of rotatable bonds is 3. The second-order valence-electron chi connectivity index (χ2n) is 5.37. The highest BCUT2D eigenvalue weighted by molar-refractivity contribution is 5.95. The van der Waals surface area contributed by atoms with Crippen LogP contribution in [0.4, 0.5) is 5.69 Å². The molecule has 3 rings (SSSR count). The van der Waals surface area contributed by atoms with Gasteiger partial charge in [0.2, 0.25) is 0 Å². The van der Waals surface area contributed by atoms with Crippen molar-refractivity contribution >= 4 is 17.6 Å². The lowest BCUT2D eigenvalue weighted by atomic mass is 10.1. The fraction of sp³-hybridized carbons (Fsp3) is 0.467. The van der Waals surface area contributed by atoms with Gasteiger partial charge in [-0.25, -0.2) is 0 Å². The van der Waals surface area contributed by atoms with Gasteiger partial charge in [0.15, 0.2) is 0 Å². The number of anilines is 1. The number of carboxylic acids is 1. The van der Waals surface area contributed by atoms with Crippen LogP contribution in [-0.4, -0.2) is 54.2 Å². The molecule has 2 aliphatic heterocycles. The predicted molar refractivity (Wildman–Crippen MR) is 76.5 cm³/mol. The maximum Gasteiger partial charge on any atom is 0.305 e. The van der Waals surface area contributed by atoms with Gasteiger partial charge in [0.1, 0.15) is 0 Å². The maximum absolute atomic E-state index is 12.6. The molecule has 1 aromatic carbocycles. The highest BCUT2D eigenvalue weighted by Crippen LogP contribution is 2.24. The Morgan fingerprint density at radius 3 is 3.10 bits per heavy atom. The number of fused-ring (bicyclic) bond motifs is 1. The number of carbonyl (C=O) groups excluding carboxylic acids is 1. The molecule has 1 fully saturated rings. The molecule has 1 saturated heterocycles. The summed E-state index contributed by atoms with van der Waals surface area (Å²) in [6.07, 6.45) is 0.830. The Kier molecular flexibility index (Phi) is 3.79. The number of morpholine rings is 1. The molecule has 2 aliphatic rings. The maximum atomic E-state index is 12.6. The summed E-state index contributed by atoms with van der Waals surface area (Å²) in [6.45, 7) is 2.07. The van der Waals surface area contributed by atoms with Crippen LogP contribution in [0.2, 0.25) is 0 Å². The summed E-state index contributed by atoms with van der Waals surface area (Å²) in [7, 11) is 0. The molecule has 112 valence electrons. The average molecular weight is 290 g/mol. The standard InChI is InChI=1S/C15H18N2O4/c18-14(19)8-12-9-21-6-5-17(12)15(20)11-1-2-13-10(7-11)3-4-16-13/h1-2,7,12,16H,3-6,8-9H2,(H,18,19). The third-order valence-electron chi connectivity index (χ3n) is 3.96. The third kappa shape index (κ3) is 2.85. The number of carboxylic acid groups (broad SMARTS) is 1. The summed E-state index contributed by atoms with van der Waals surface area (Å²) in [5.74, 6) is -1.03. The van der Waals surface area contributed by atoms with E-state index >= 15 is 0 Å². The van der Waals surface area contributed by atoms with E-state index in [0.29, 0.717) is 18.7 Å². The van der Waals surface area contributed by atoms with Crippen LogP contribution in [0, 0.1) is 0 Å². The first kappa shape index (κ1) is 13.9. The Labute approximate surface area is 122 Å². The quantitative estimate of drug-likeness (QED) is 0.867. The highest BCUT2D eigenvalue weighted by Gasteiger charge is 2.30. The number of hydrogen-bond acceptors (Lipinski definition) is 4. The molecule has 0 radical (unpaired) electrons. The smallest absolute Gasteiger partial charge is 0.305 e. The monoisotopic (exact) mass is 290 g/mol. The van der Waals surface area contributed by atoms with E-state index in [1.54, 1.807) is 11.0 Å². The summed E-state index contributed by atoms with van der Waals surface area (Å²) < 4.78 is 5.31. The van der Waals surface area contributed by atoms with Gasteiger partial charge in [0, 0.05) is 24.3 Å². The third-order valence-corrected chi connectivity index (χ3v) is 3.96. The van der Waals surface area contributed by atoms with E-state index in [-0.39, 0.29) is 18.9 Å². The molecule has 0 saturated carbocycles. The number of aliphatic carboxylic acids is 1. The Morgan fingerprint density at radius 1 is 1.43 bits per heavy atom. The number of ether oxygens (including phenoxy) is 1. The van der Waals surface area contributed by atoms with E-state index in [9.17, 15) is 9.59 Å². The van der Waals surface area contributed by atoms with Gasteiger partial charge in [-0.05, 0) is 30.2 Å². The van der Waals surface area contributed by atoms with Crippen LogP contribution in [0.15, 0.2) is 18.2 Å². The number of nitrogens with zero attached hydrogens (tertiary/aromatic N) is 1. The molecule has 6 heteroatoms. The van der Waals surface area contributed by atoms with Gasteiger partial charge in [-0.3, -0.25) is 9.59 Å². The molecule has 2 N–H and O–H groups in total. The first-order chi connectivity index (χ1) is 10.1. The van der Waals surface area contributed by atoms with Gasteiger partial charge in [-0.1, -0.05) is 0 Å². The fourth-order valence-corrected chi connectivity index (χ4v) is 2.90. The van der Waals surface area contributed by atoms with E-state index in [2.05, 4.69) is 5.32 Å². The van der Waals surface area contributed by atoms with Gasteiger partial charge in [-0.15, -0.1) is 0 Å². The minimum absolute atomic E-state index is 0.0851. The van der Waals surface area contributed by atoms with E-state index < -0.39 is 12.0 Å². The summed E-state index contributed by atoms with van der Waals surface area (Å²) in [5, 5.41) is 12.2. The number of amides is 1. The van der Waals surface area contributed by atoms with Crippen molar-refractivity contribution in [1.82, 2.24) is 4.90 Å². The van der Waals surface area contributed by atoms with Crippen molar-refractivity contribution in [2.75, 3.05) is 31.6 Å². The molecular weight excluding hydrogens is 272 g/mol. The van der Waals surface area contributed by atoms with Crippen molar-refractivity contribution < 1.29 is 19.4 Å². The lowest BCUT2D eigenvalue weighted by molar-refractivity contribution is -0.139. The van der Waals surface area contributed by atoms with E-state index in [1.807, 2.05) is 12.1 Å². The molecule has 1 amide bonds. The van der Waals surface area contributed by atoms with Crippen LogP contribution < -0.4 is 5.32 Å². The first-order valence-corrected chi connectivity index (χ1v) is 7.12. The molecule has 0 bridgehead atoms. The van der Waals surface area contributed by atoms with Gasteiger partial charge < -0.3 is 20.1 Å². The average Bonchev–Trinajstić information content (AvgIpc) is 2.94.